The van der Waals surface area contributed by atoms with Gasteiger partial charge in [0.25, 0.3) is 5.56 Å². The second-order valence-corrected chi connectivity index (χ2v) is 6.42. The average molecular weight is 439 g/mol. The normalized spacial score (nSPS) is 13.3. The Kier molecular flexibility index (Phi) is 4.63. The van der Waals surface area contributed by atoms with Gasteiger partial charge in [0.15, 0.2) is 5.65 Å². The van der Waals surface area contributed by atoms with Crippen LogP contribution in [-0.2, 0) is 20.0 Å². The number of methoxy groups -OCH3 is 1. The summed E-state index contributed by atoms with van der Waals surface area (Å²) in [6.45, 7) is 0. The number of hydrogen-bond acceptors (Lipinski definition) is 4. The van der Waals surface area contributed by atoms with E-state index in [2.05, 4.69) is 4.98 Å². The van der Waals surface area contributed by atoms with Gasteiger partial charge in [0.2, 0.25) is 0 Å². The second kappa shape index (κ2) is 6.44. The van der Waals surface area contributed by atoms with Gasteiger partial charge in [-0.25, -0.2) is 9.78 Å². The first kappa shape index (κ1) is 21.6. The van der Waals surface area contributed by atoms with Gasteiger partial charge in [-0.3, -0.25) is 13.9 Å². The number of fused-ring (bicyclic) bond motifs is 2. The van der Waals surface area contributed by atoms with Gasteiger partial charge in [0, 0.05) is 25.5 Å². The lowest BCUT2D eigenvalue weighted by Crippen LogP contribution is -2.51. The van der Waals surface area contributed by atoms with Crippen molar-refractivity contribution in [3.05, 3.63) is 44.6 Å². The fraction of sp³-hybridized carbons (Fsp3) is 0.353. The maximum atomic E-state index is 14.9. The molecule has 0 aliphatic heterocycles. The fourth-order valence-corrected chi connectivity index (χ4v) is 3.04. The average Bonchev–Trinajstić information content (AvgIpc) is 2.67. The minimum atomic E-state index is -6.63. The minimum Gasteiger partial charge on any atom is -0.497 e. The van der Waals surface area contributed by atoms with E-state index in [1.165, 1.54) is 7.11 Å². The van der Waals surface area contributed by atoms with Crippen molar-refractivity contribution in [3.63, 3.8) is 0 Å². The van der Waals surface area contributed by atoms with E-state index in [4.69, 9.17) is 4.74 Å². The van der Waals surface area contributed by atoms with Crippen LogP contribution in [-0.4, -0.2) is 33.3 Å². The molecular formula is C17H12F7N3O3. The van der Waals surface area contributed by atoms with Gasteiger partial charge in [-0.15, -0.1) is 0 Å². The van der Waals surface area contributed by atoms with Crippen LogP contribution in [0.25, 0.3) is 21.9 Å². The number of alkyl halides is 7. The Balaban J connectivity index is 2.68. The summed E-state index contributed by atoms with van der Waals surface area (Å²) in [4.78, 5) is 28.5. The zero-order chi connectivity index (χ0) is 22.8. The van der Waals surface area contributed by atoms with Gasteiger partial charge in [-0.2, -0.15) is 30.7 Å². The summed E-state index contributed by atoms with van der Waals surface area (Å²) in [6.07, 6.45) is -6.63. The van der Waals surface area contributed by atoms with Crippen LogP contribution in [0.3, 0.4) is 0 Å². The zero-order valence-corrected chi connectivity index (χ0v) is 15.4. The third-order valence-electron chi connectivity index (χ3n) is 4.65. The van der Waals surface area contributed by atoms with E-state index < -0.39 is 56.8 Å². The number of ether oxygens (including phenoxy) is 1. The molecule has 0 spiro atoms. The van der Waals surface area contributed by atoms with E-state index in [0.29, 0.717) is 9.13 Å². The summed E-state index contributed by atoms with van der Waals surface area (Å²) < 4.78 is 102. The van der Waals surface area contributed by atoms with Crippen molar-refractivity contribution in [3.8, 4) is 5.75 Å². The topological polar surface area (TPSA) is 66.1 Å². The molecule has 0 atom stereocenters. The predicted octanol–water partition coefficient (Wildman–Crippen LogP) is 3.08. The molecule has 0 saturated heterocycles. The van der Waals surface area contributed by atoms with Crippen LogP contribution in [0.15, 0.2) is 27.8 Å². The predicted molar refractivity (Wildman–Crippen MR) is 91.2 cm³/mol. The maximum Gasteiger partial charge on any atom is 0.460 e. The molecule has 0 radical (unpaired) electrons. The molecule has 3 aromatic rings. The van der Waals surface area contributed by atoms with Gasteiger partial charge < -0.3 is 4.74 Å². The van der Waals surface area contributed by atoms with Gasteiger partial charge in [0.05, 0.1) is 23.6 Å². The highest BCUT2D eigenvalue weighted by atomic mass is 19.4. The highest BCUT2D eigenvalue weighted by Gasteiger charge is 2.74. The van der Waals surface area contributed by atoms with Crippen LogP contribution in [0.5, 0.6) is 5.75 Å². The molecule has 30 heavy (non-hydrogen) atoms. The Morgan fingerprint density at radius 3 is 2.10 bits per heavy atom. The molecule has 162 valence electrons. The Morgan fingerprint density at radius 2 is 1.57 bits per heavy atom. The number of aryl methyl sites for hydroxylation is 1. The molecule has 1 aromatic carbocycles. The number of nitrogens with zero attached hydrogens (tertiary/aromatic N) is 3. The van der Waals surface area contributed by atoms with E-state index in [1.54, 1.807) is 0 Å². The van der Waals surface area contributed by atoms with Crippen molar-refractivity contribution < 1.29 is 35.5 Å². The quantitative estimate of drug-likeness (QED) is 0.465. The van der Waals surface area contributed by atoms with Crippen LogP contribution in [0.1, 0.15) is 5.56 Å². The summed E-state index contributed by atoms with van der Waals surface area (Å²) >= 11 is 0. The molecule has 0 fully saturated rings. The molecule has 6 nitrogen and oxygen atoms in total. The first-order valence-corrected chi connectivity index (χ1v) is 8.07. The molecule has 0 aliphatic rings. The van der Waals surface area contributed by atoms with Crippen molar-refractivity contribution in [2.24, 2.45) is 14.1 Å². The summed E-state index contributed by atoms with van der Waals surface area (Å²) in [5.74, 6) is -12.4. The summed E-state index contributed by atoms with van der Waals surface area (Å²) in [6, 6.07) is 2.83. The van der Waals surface area contributed by atoms with E-state index in [9.17, 15) is 40.3 Å². The Morgan fingerprint density at radius 1 is 0.967 bits per heavy atom. The van der Waals surface area contributed by atoms with Crippen LogP contribution in [0.2, 0.25) is 0 Å². The molecule has 0 bridgehead atoms. The number of hydrogen-bond donors (Lipinski definition) is 0. The van der Waals surface area contributed by atoms with Gasteiger partial charge in [-0.1, -0.05) is 0 Å². The van der Waals surface area contributed by atoms with Crippen LogP contribution < -0.4 is 16.0 Å². The van der Waals surface area contributed by atoms with Gasteiger partial charge in [0.1, 0.15) is 5.75 Å². The zero-order valence-electron chi connectivity index (χ0n) is 15.4. The monoisotopic (exact) mass is 439 g/mol. The highest BCUT2D eigenvalue weighted by Crippen LogP contribution is 2.54. The molecule has 0 amide bonds. The van der Waals surface area contributed by atoms with E-state index in [0.717, 1.165) is 32.3 Å². The van der Waals surface area contributed by atoms with Gasteiger partial charge in [-0.05, 0) is 12.1 Å². The number of halogens is 7. The maximum absolute atomic E-state index is 14.9. The van der Waals surface area contributed by atoms with Crippen molar-refractivity contribution in [1.29, 1.82) is 0 Å². The first-order valence-electron chi connectivity index (χ1n) is 8.07. The standard InChI is InChI=1S/C17H12F7N3O3/c1-26-12-10(13(28)27(2)14(26)29)11(15(18,19)16(20,21)17(22,23)24)8-5-4-7(30-3)6-9(8)25-12/h4-6H,1-3H3. The molecule has 0 N–H and O–H groups in total. The molecule has 13 heteroatoms. The van der Waals surface area contributed by atoms with Crippen LogP contribution in [0.4, 0.5) is 30.7 Å². The van der Waals surface area contributed by atoms with Crippen molar-refractivity contribution in [2.45, 2.75) is 18.0 Å². The molecule has 0 unspecified atom stereocenters. The smallest absolute Gasteiger partial charge is 0.460 e. The molecule has 0 saturated carbocycles. The number of pyridine rings is 1. The van der Waals surface area contributed by atoms with Crippen LogP contribution >= 0.6 is 0 Å². The third kappa shape index (κ3) is 2.75. The molecule has 2 aromatic heterocycles. The first-order chi connectivity index (χ1) is 13.7. The van der Waals surface area contributed by atoms with E-state index in [1.807, 2.05) is 0 Å². The molecule has 3 rings (SSSR count). The Hall–Kier alpha value is -3.12. The second-order valence-electron chi connectivity index (χ2n) is 6.42. The molecular weight excluding hydrogens is 427 g/mol. The third-order valence-corrected chi connectivity index (χ3v) is 4.65. The molecule has 2 heterocycles. The largest absolute Gasteiger partial charge is 0.497 e. The number of rotatable bonds is 3. The summed E-state index contributed by atoms with van der Waals surface area (Å²) in [5, 5.41) is -2.06. The van der Waals surface area contributed by atoms with Crippen molar-refractivity contribution >= 4 is 21.9 Å². The lowest BCUT2D eigenvalue weighted by Gasteiger charge is -2.30. The Labute approximate surface area is 162 Å². The number of benzene rings is 1. The van der Waals surface area contributed by atoms with Crippen molar-refractivity contribution in [1.82, 2.24) is 14.1 Å². The van der Waals surface area contributed by atoms with E-state index >= 15 is 0 Å². The fourth-order valence-electron chi connectivity index (χ4n) is 3.04. The SMILES string of the molecule is COc1ccc2c(C(F)(F)C(F)(F)C(F)(F)F)c3c(=O)n(C)c(=O)n(C)c3nc2c1. The van der Waals surface area contributed by atoms with Crippen molar-refractivity contribution in [2.75, 3.05) is 7.11 Å². The Bertz CT molecular complexity index is 1290. The summed E-state index contributed by atoms with van der Waals surface area (Å²) in [7, 11) is 3.07. The van der Waals surface area contributed by atoms with E-state index in [-0.39, 0.29) is 5.75 Å². The van der Waals surface area contributed by atoms with Crippen LogP contribution in [0, 0.1) is 0 Å². The summed E-state index contributed by atoms with van der Waals surface area (Å²) in [5.41, 5.74) is -5.68. The highest BCUT2D eigenvalue weighted by molar-refractivity contribution is 5.97. The van der Waals surface area contributed by atoms with Gasteiger partial charge >= 0.3 is 23.7 Å². The lowest BCUT2D eigenvalue weighted by molar-refractivity contribution is -0.358. The molecule has 0 aliphatic carbocycles. The lowest BCUT2D eigenvalue weighted by atomic mass is 9.94. The minimum absolute atomic E-state index is 0.0278. The number of aromatic nitrogens is 3.